The number of aryl methyl sites for hydroxylation is 1. The monoisotopic (exact) mass is 291 g/mol. The second-order valence-electron chi connectivity index (χ2n) is 4.32. The number of likely N-dealkylation sites (tertiary alicyclic amines) is 1. The van der Waals surface area contributed by atoms with Gasteiger partial charge in [0.25, 0.3) is 5.91 Å². The van der Waals surface area contributed by atoms with Crippen LogP contribution in [0.25, 0.3) is 0 Å². The molecule has 0 unspecified atom stereocenters. The molecule has 2 N–H and O–H groups in total. The van der Waals surface area contributed by atoms with Crippen molar-refractivity contribution >= 4 is 30.7 Å². The number of nitrogens with two attached hydrogens (primary N) is 1. The van der Waals surface area contributed by atoms with Crippen molar-refractivity contribution in [3.63, 3.8) is 0 Å². The van der Waals surface area contributed by atoms with Crippen LogP contribution in [-0.2, 0) is 0 Å². The summed E-state index contributed by atoms with van der Waals surface area (Å²) in [5.74, 6) is -0.00106. The van der Waals surface area contributed by atoms with Crippen molar-refractivity contribution in [2.45, 2.75) is 25.8 Å². The van der Waals surface area contributed by atoms with Crippen molar-refractivity contribution in [3.05, 3.63) is 29.6 Å². The number of piperidine rings is 1. The summed E-state index contributed by atoms with van der Waals surface area (Å²) in [6, 6.07) is 5.62. The highest BCUT2D eigenvalue weighted by Gasteiger charge is 2.22. The number of hydrogen-bond acceptors (Lipinski definition) is 3. The largest absolute Gasteiger partial charge is 0.336 e. The molecule has 0 aliphatic carbocycles. The van der Waals surface area contributed by atoms with Crippen LogP contribution in [0.1, 0.15) is 29.0 Å². The molecule has 1 aromatic heterocycles. The lowest BCUT2D eigenvalue weighted by Gasteiger charge is -2.30. The Morgan fingerprint density at radius 3 is 2.78 bits per heavy atom. The van der Waals surface area contributed by atoms with Crippen molar-refractivity contribution in [1.82, 2.24) is 9.88 Å². The number of nitrogens with zero attached hydrogens (tertiary/aromatic N) is 2. The van der Waals surface area contributed by atoms with Gasteiger partial charge in [-0.15, -0.1) is 24.8 Å². The Morgan fingerprint density at radius 2 is 2.17 bits per heavy atom. The first kappa shape index (κ1) is 17.2. The van der Waals surface area contributed by atoms with E-state index in [0.717, 1.165) is 25.1 Å². The minimum absolute atomic E-state index is 0. The maximum atomic E-state index is 12.1. The summed E-state index contributed by atoms with van der Waals surface area (Å²) >= 11 is 0. The van der Waals surface area contributed by atoms with Crippen LogP contribution in [-0.4, -0.2) is 34.9 Å². The number of aromatic nitrogens is 1. The average Bonchev–Trinajstić information content (AvgIpc) is 2.28. The third-order valence-corrected chi connectivity index (χ3v) is 2.85. The molecule has 0 saturated carbocycles. The normalized spacial score (nSPS) is 18.6. The van der Waals surface area contributed by atoms with Gasteiger partial charge in [-0.1, -0.05) is 6.07 Å². The zero-order valence-electron chi connectivity index (χ0n) is 10.3. The average molecular weight is 292 g/mol. The third kappa shape index (κ3) is 4.12. The molecule has 1 aromatic rings. The van der Waals surface area contributed by atoms with Crippen molar-refractivity contribution in [3.8, 4) is 0 Å². The van der Waals surface area contributed by atoms with Gasteiger partial charge in [-0.25, -0.2) is 4.98 Å². The predicted octanol–water partition coefficient (Wildman–Crippen LogP) is 1.80. The number of halogens is 2. The lowest BCUT2D eigenvalue weighted by Crippen LogP contribution is -2.45. The molecule has 4 nitrogen and oxygen atoms in total. The zero-order valence-corrected chi connectivity index (χ0v) is 12.0. The standard InChI is InChI=1S/C12H17N3O.2ClH/c1-9-4-2-6-11(14-9)12(16)15-7-3-5-10(13)8-15;;/h2,4,6,10H,3,5,7-8,13H2,1H3;2*1H/t10-;;/m1../s1. The lowest BCUT2D eigenvalue weighted by atomic mass is 10.1. The van der Waals surface area contributed by atoms with Crippen LogP contribution in [0.4, 0.5) is 0 Å². The first-order valence-electron chi connectivity index (χ1n) is 5.65. The smallest absolute Gasteiger partial charge is 0.272 e. The molecule has 1 aliphatic rings. The fraction of sp³-hybridized carbons (Fsp3) is 0.500. The topological polar surface area (TPSA) is 59.2 Å². The van der Waals surface area contributed by atoms with E-state index in [1.807, 2.05) is 19.1 Å². The van der Waals surface area contributed by atoms with Gasteiger partial charge in [0.2, 0.25) is 0 Å². The quantitative estimate of drug-likeness (QED) is 0.858. The highest BCUT2D eigenvalue weighted by atomic mass is 35.5. The minimum Gasteiger partial charge on any atom is -0.336 e. The summed E-state index contributed by atoms with van der Waals surface area (Å²) in [6.45, 7) is 3.33. The van der Waals surface area contributed by atoms with Crippen molar-refractivity contribution in [2.24, 2.45) is 5.73 Å². The van der Waals surface area contributed by atoms with Crippen molar-refractivity contribution < 1.29 is 4.79 Å². The van der Waals surface area contributed by atoms with Crippen molar-refractivity contribution in [2.75, 3.05) is 13.1 Å². The van der Waals surface area contributed by atoms with E-state index in [0.29, 0.717) is 12.2 Å². The summed E-state index contributed by atoms with van der Waals surface area (Å²) in [4.78, 5) is 18.1. The van der Waals surface area contributed by atoms with Crippen LogP contribution in [0.15, 0.2) is 18.2 Å². The summed E-state index contributed by atoms with van der Waals surface area (Å²) in [5, 5.41) is 0. The van der Waals surface area contributed by atoms with E-state index in [4.69, 9.17) is 5.73 Å². The SMILES string of the molecule is Cc1cccc(C(=O)N2CCC[C@@H](N)C2)n1.Cl.Cl. The second kappa shape index (κ2) is 7.56. The molecule has 102 valence electrons. The number of carbonyl (C=O) groups excluding carboxylic acids is 1. The molecule has 1 atom stereocenters. The third-order valence-electron chi connectivity index (χ3n) is 2.85. The fourth-order valence-electron chi connectivity index (χ4n) is 2.02. The van der Waals surface area contributed by atoms with Crippen LogP contribution >= 0.6 is 24.8 Å². The zero-order chi connectivity index (χ0) is 11.5. The van der Waals surface area contributed by atoms with Gasteiger partial charge in [-0.3, -0.25) is 4.79 Å². The molecule has 0 bridgehead atoms. The van der Waals surface area contributed by atoms with Gasteiger partial charge in [-0.2, -0.15) is 0 Å². The Bertz CT molecular complexity index is 401. The Hall–Kier alpha value is -0.840. The van der Waals surface area contributed by atoms with Gasteiger partial charge in [0.05, 0.1) is 0 Å². The molecule has 1 fully saturated rings. The number of hydrogen-bond donors (Lipinski definition) is 1. The molecule has 0 spiro atoms. The molecule has 0 radical (unpaired) electrons. The Kier molecular flexibility index (Phi) is 7.21. The highest BCUT2D eigenvalue weighted by molar-refractivity contribution is 5.92. The van der Waals surface area contributed by atoms with Crippen molar-refractivity contribution in [1.29, 1.82) is 0 Å². The maximum absolute atomic E-state index is 12.1. The Morgan fingerprint density at radius 1 is 1.44 bits per heavy atom. The van der Waals surface area contributed by atoms with Crippen LogP contribution in [0.5, 0.6) is 0 Å². The summed E-state index contributed by atoms with van der Waals surface area (Å²) in [6.07, 6.45) is 1.99. The lowest BCUT2D eigenvalue weighted by molar-refractivity contribution is 0.0702. The fourth-order valence-corrected chi connectivity index (χ4v) is 2.02. The molecule has 1 amide bonds. The molecular weight excluding hydrogens is 273 g/mol. The minimum atomic E-state index is -0.00106. The van der Waals surface area contributed by atoms with E-state index in [9.17, 15) is 4.79 Å². The Balaban J connectivity index is 0.00000144. The second-order valence-corrected chi connectivity index (χ2v) is 4.32. The van der Waals surface area contributed by atoms with E-state index < -0.39 is 0 Å². The number of amides is 1. The van der Waals surface area contributed by atoms with E-state index >= 15 is 0 Å². The maximum Gasteiger partial charge on any atom is 0.272 e. The van der Waals surface area contributed by atoms with Crippen LogP contribution in [0, 0.1) is 6.92 Å². The first-order chi connectivity index (χ1) is 7.66. The molecule has 2 heterocycles. The molecule has 2 rings (SSSR count). The number of rotatable bonds is 1. The molecular formula is C12H19Cl2N3O. The molecule has 6 heteroatoms. The van der Waals surface area contributed by atoms with Crippen LogP contribution < -0.4 is 5.73 Å². The Labute approximate surface area is 120 Å². The first-order valence-corrected chi connectivity index (χ1v) is 5.65. The molecule has 1 aliphatic heterocycles. The predicted molar refractivity (Wildman–Crippen MR) is 76.6 cm³/mol. The van der Waals surface area contributed by atoms with E-state index in [1.54, 1.807) is 11.0 Å². The molecule has 1 saturated heterocycles. The number of carbonyl (C=O) groups is 1. The van der Waals surface area contributed by atoms with E-state index in [-0.39, 0.29) is 36.8 Å². The molecule has 18 heavy (non-hydrogen) atoms. The van der Waals surface area contributed by atoms with E-state index in [2.05, 4.69) is 4.98 Å². The highest BCUT2D eigenvalue weighted by Crippen LogP contribution is 2.11. The molecule has 0 aromatic carbocycles. The van der Waals surface area contributed by atoms with Crippen LogP contribution in [0.3, 0.4) is 0 Å². The van der Waals surface area contributed by atoms with Gasteiger partial charge >= 0.3 is 0 Å². The van der Waals surface area contributed by atoms with Gasteiger partial charge in [-0.05, 0) is 31.9 Å². The van der Waals surface area contributed by atoms with Gasteiger partial charge in [0, 0.05) is 24.8 Å². The van der Waals surface area contributed by atoms with Crippen LogP contribution in [0.2, 0.25) is 0 Å². The summed E-state index contributed by atoms with van der Waals surface area (Å²) in [5.41, 5.74) is 7.25. The summed E-state index contributed by atoms with van der Waals surface area (Å²) in [7, 11) is 0. The van der Waals surface area contributed by atoms with Gasteiger partial charge < -0.3 is 10.6 Å². The van der Waals surface area contributed by atoms with E-state index in [1.165, 1.54) is 0 Å². The van der Waals surface area contributed by atoms with Gasteiger partial charge in [0.1, 0.15) is 5.69 Å². The van der Waals surface area contributed by atoms with Gasteiger partial charge in [0.15, 0.2) is 0 Å². The number of pyridine rings is 1. The summed E-state index contributed by atoms with van der Waals surface area (Å²) < 4.78 is 0.